The monoisotopic (exact) mass is 234 g/mol. The van der Waals surface area contributed by atoms with Crippen molar-refractivity contribution >= 4 is 16.9 Å². The summed E-state index contributed by atoms with van der Waals surface area (Å²) in [5.74, 6) is -0.313. The van der Waals surface area contributed by atoms with Crippen LogP contribution >= 0.6 is 0 Å². The molecule has 2 N–H and O–H groups in total. The number of fused-ring (bicyclic) bond motifs is 1. The fourth-order valence-corrected chi connectivity index (χ4v) is 1.65. The molecule has 90 valence electrons. The number of carbonyl (C=O) groups excluding carboxylic acids is 1. The van der Waals surface area contributed by atoms with Gasteiger partial charge in [0.1, 0.15) is 5.78 Å². The normalized spacial score (nSPS) is 10.9. The summed E-state index contributed by atoms with van der Waals surface area (Å²) in [6.07, 6.45) is 0.802. The quantitative estimate of drug-likeness (QED) is 0.752. The van der Waals surface area contributed by atoms with Gasteiger partial charge in [-0.1, -0.05) is 6.07 Å². The maximum absolute atomic E-state index is 11.0. The second-order valence-corrected chi connectivity index (χ2v) is 3.97. The zero-order chi connectivity index (χ0) is 12.3. The molecule has 0 aliphatic heterocycles. The molecule has 5 heteroatoms. The highest BCUT2D eigenvalue weighted by Crippen LogP contribution is 2.12. The Kier molecular flexibility index (Phi) is 3.39. The van der Waals surface area contributed by atoms with Crippen LogP contribution in [0.2, 0.25) is 0 Å². The van der Waals surface area contributed by atoms with Gasteiger partial charge < -0.3 is 9.73 Å². The van der Waals surface area contributed by atoms with Crippen molar-refractivity contribution in [2.45, 2.75) is 13.3 Å². The molecule has 0 unspecified atom stereocenters. The lowest BCUT2D eigenvalue weighted by Crippen LogP contribution is -2.23. The van der Waals surface area contributed by atoms with Gasteiger partial charge in [-0.2, -0.15) is 0 Å². The van der Waals surface area contributed by atoms with Gasteiger partial charge in [-0.15, -0.1) is 0 Å². The standard InChI is InChI=1S/C12H14N2O3/c1-8(15)7-13-5-4-9-2-3-11-10(6-9)14-12(16)17-11/h2-3,6,13H,4-5,7H2,1H3,(H,14,16). The zero-order valence-electron chi connectivity index (χ0n) is 9.58. The van der Waals surface area contributed by atoms with Crippen molar-refractivity contribution in [1.82, 2.24) is 10.3 Å². The van der Waals surface area contributed by atoms with E-state index in [0.29, 0.717) is 17.6 Å². The Morgan fingerprint density at radius 1 is 1.47 bits per heavy atom. The van der Waals surface area contributed by atoms with Crippen molar-refractivity contribution in [2.75, 3.05) is 13.1 Å². The number of benzene rings is 1. The molecule has 0 aliphatic carbocycles. The summed E-state index contributed by atoms with van der Waals surface area (Å²) in [4.78, 5) is 24.3. The van der Waals surface area contributed by atoms with E-state index in [2.05, 4.69) is 10.3 Å². The van der Waals surface area contributed by atoms with Crippen LogP contribution in [0.4, 0.5) is 0 Å². The number of aromatic nitrogens is 1. The smallest absolute Gasteiger partial charge is 0.408 e. The Morgan fingerprint density at radius 3 is 3.06 bits per heavy atom. The molecule has 0 fully saturated rings. The number of rotatable bonds is 5. The molecule has 2 aromatic rings. The minimum Gasteiger partial charge on any atom is -0.408 e. The summed E-state index contributed by atoms with van der Waals surface area (Å²) < 4.78 is 4.91. The van der Waals surface area contributed by atoms with E-state index in [0.717, 1.165) is 18.5 Å². The van der Waals surface area contributed by atoms with E-state index < -0.39 is 5.76 Å². The van der Waals surface area contributed by atoms with Crippen LogP contribution < -0.4 is 11.1 Å². The lowest BCUT2D eigenvalue weighted by molar-refractivity contribution is -0.116. The number of hydrogen-bond acceptors (Lipinski definition) is 4. The Morgan fingerprint density at radius 2 is 2.29 bits per heavy atom. The lowest BCUT2D eigenvalue weighted by atomic mass is 10.1. The minimum atomic E-state index is -0.438. The van der Waals surface area contributed by atoms with Gasteiger partial charge in [0.2, 0.25) is 0 Å². The number of ketones is 1. The summed E-state index contributed by atoms with van der Waals surface area (Å²) in [7, 11) is 0. The first-order chi connectivity index (χ1) is 8.15. The molecular weight excluding hydrogens is 220 g/mol. The fourth-order valence-electron chi connectivity index (χ4n) is 1.65. The number of H-pyrrole nitrogens is 1. The molecule has 5 nitrogen and oxygen atoms in total. The van der Waals surface area contributed by atoms with Crippen LogP contribution in [0, 0.1) is 0 Å². The van der Waals surface area contributed by atoms with E-state index in [1.165, 1.54) is 0 Å². The highest BCUT2D eigenvalue weighted by Gasteiger charge is 2.02. The second kappa shape index (κ2) is 4.97. The molecule has 0 amide bonds. The lowest BCUT2D eigenvalue weighted by Gasteiger charge is -2.02. The van der Waals surface area contributed by atoms with E-state index in [9.17, 15) is 9.59 Å². The molecule has 2 rings (SSSR count). The van der Waals surface area contributed by atoms with E-state index in [4.69, 9.17) is 4.42 Å². The van der Waals surface area contributed by atoms with Gasteiger partial charge in [-0.3, -0.25) is 9.78 Å². The van der Waals surface area contributed by atoms with Gasteiger partial charge >= 0.3 is 5.76 Å². The van der Waals surface area contributed by atoms with Gasteiger partial charge in [-0.25, -0.2) is 4.79 Å². The maximum Gasteiger partial charge on any atom is 0.417 e. The average molecular weight is 234 g/mol. The van der Waals surface area contributed by atoms with E-state index in [1.807, 2.05) is 12.1 Å². The minimum absolute atomic E-state index is 0.125. The SMILES string of the molecule is CC(=O)CNCCc1ccc2oc(=O)[nH]c2c1. The molecule has 0 saturated carbocycles. The number of Topliss-reactive ketones (excluding diaryl/α,β-unsaturated/α-hetero) is 1. The average Bonchev–Trinajstić information content (AvgIpc) is 2.63. The highest BCUT2D eigenvalue weighted by molar-refractivity contribution is 5.77. The largest absolute Gasteiger partial charge is 0.417 e. The van der Waals surface area contributed by atoms with E-state index in [-0.39, 0.29) is 5.78 Å². The first-order valence-corrected chi connectivity index (χ1v) is 5.47. The molecule has 0 radical (unpaired) electrons. The molecule has 1 heterocycles. The van der Waals surface area contributed by atoms with Gasteiger partial charge in [0, 0.05) is 0 Å². The van der Waals surface area contributed by atoms with Crippen LogP contribution in [0.3, 0.4) is 0 Å². The fraction of sp³-hybridized carbons (Fsp3) is 0.333. The highest BCUT2D eigenvalue weighted by atomic mass is 16.4. The van der Waals surface area contributed by atoms with Crippen molar-refractivity contribution < 1.29 is 9.21 Å². The number of carbonyl (C=O) groups is 1. The molecule has 17 heavy (non-hydrogen) atoms. The maximum atomic E-state index is 11.0. The Balaban J connectivity index is 1.99. The first kappa shape index (κ1) is 11.6. The molecular formula is C12H14N2O3. The first-order valence-electron chi connectivity index (χ1n) is 5.47. The third-order valence-electron chi connectivity index (χ3n) is 2.45. The van der Waals surface area contributed by atoms with Crippen molar-refractivity contribution in [3.05, 3.63) is 34.3 Å². The van der Waals surface area contributed by atoms with Crippen molar-refractivity contribution in [3.63, 3.8) is 0 Å². The Hall–Kier alpha value is -1.88. The molecule has 0 bridgehead atoms. The van der Waals surface area contributed by atoms with E-state index >= 15 is 0 Å². The summed E-state index contributed by atoms with van der Waals surface area (Å²) in [6.45, 7) is 2.67. The van der Waals surface area contributed by atoms with Crippen LogP contribution in [0.1, 0.15) is 12.5 Å². The topological polar surface area (TPSA) is 75.1 Å². The number of hydrogen-bond donors (Lipinski definition) is 2. The Labute approximate surface area is 97.8 Å². The van der Waals surface area contributed by atoms with Crippen LogP contribution in [-0.2, 0) is 11.2 Å². The molecule has 1 aromatic heterocycles. The van der Waals surface area contributed by atoms with Crippen molar-refractivity contribution in [2.24, 2.45) is 0 Å². The van der Waals surface area contributed by atoms with Gasteiger partial charge in [0.15, 0.2) is 5.58 Å². The zero-order valence-corrected chi connectivity index (χ0v) is 9.58. The predicted molar refractivity (Wildman–Crippen MR) is 64.1 cm³/mol. The molecule has 0 saturated heterocycles. The van der Waals surface area contributed by atoms with Crippen LogP contribution in [0.5, 0.6) is 0 Å². The van der Waals surface area contributed by atoms with Crippen LogP contribution in [-0.4, -0.2) is 23.9 Å². The molecule has 0 atom stereocenters. The summed E-state index contributed by atoms with van der Waals surface area (Å²) in [5, 5.41) is 3.04. The number of nitrogens with one attached hydrogen (secondary N) is 2. The van der Waals surface area contributed by atoms with Gasteiger partial charge in [0.05, 0.1) is 12.1 Å². The summed E-state index contributed by atoms with van der Waals surface area (Å²) >= 11 is 0. The number of aromatic amines is 1. The van der Waals surface area contributed by atoms with E-state index in [1.54, 1.807) is 13.0 Å². The van der Waals surface area contributed by atoms with Crippen LogP contribution in [0.25, 0.3) is 11.1 Å². The molecule has 0 aliphatic rings. The van der Waals surface area contributed by atoms with Gasteiger partial charge in [0.25, 0.3) is 0 Å². The second-order valence-electron chi connectivity index (χ2n) is 3.97. The third kappa shape index (κ3) is 3.04. The third-order valence-corrected chi connectivity index (χ3v) is 2.45. The van der Waals surface area contributed by atoms with Gasteiger partial charge in [-0.05, 0) is 37.6 Å². The predicted octanol–water partition coefficient (Wildman–Crippen LogP) is 0.842. The number of oxazole rings is 1. The van der Waals surface area contributed by atoms with Crippen molar-refractivity contribution in [3.8, 4) is 0 Å². The Bertz CT molecular complexity index is 583. The summed E-state index contributed by atoms with van der Waals surface area (Å²) in [6, 6.07) is 5.57. The van der Waals surface area contributed by atoms with Crippen LogP contribution in [0.15, 0.2) is 27.4 Å². The molecule has 0 spiro atoms. The molecule has 1 aromatic carbocycles. The van der Waals surface area contributed by atoms with Crippen molar-refractivity contribution in [1.29, 1.82) is 0 Å². The summed E-state index contributed by atoms with van der Waals surface area (Å²) in [5.41, 5.74) is 2.36.